The van der Waals surface area contributed by atoms with Gasteiger partial charge in [-0.05, 0) is 38.1 Å². The standard InChI is InChI=1S/C12H23NO2/c14-12(10-5-8-15-9-6-10)11-4-2-1-3-7-13-11/h10-14H,1-9H2. The number of hydrogen-bond donors (Lipinski definition) is 2. The van der Waals surface area contributed by atoms with Crippen LogP contribution in [-0.2, 0) is 4.74 Å². The van der Waals surface area contributed by atoms with Gasteiger partial charge in [-0.25, -0.2) is 0 Å². The van der Waals surface area contributed by atoms with E-state index in [1.165, 1.54) is 19.3 Å². The van der Waals surface area contributed by atoms with Crippen LogP contribution in [0.4, 0.5) is 0 Å². The van der Waals surface area contributed by atoms with Crippen molar-refractivity contribution in [3.05, 3.63) is 0 Å². The molecule has 88 valence electrons. The van der Waals surface area contributed by atoms with Gasteiger partial charge in [0.15, 0.2) is 0 Å². The molecule has 0 spiro atoms. The topological polar surface area (TPSA) is 41.5 Å². The van der Waals surface area contributed by atoms with Gasteiger partial charge >= 0.3 is 0 Å². The number of aliphatic hydroxyl groups excluding tert-OH is 1. The predicted molar refractivity (Wildman–Crippen MR) is 59.8 cm³/mol. The van der Waals surface area contributed by atoms with Crippen LogP contribution in [-0.4, -0.2) is 37.0 Å². The van der Waals surface area contributed by atoms with Crippen LogP contribution in [0.15, 0.2) is 0 Å². The van der Waals surface area contributed by atoms with E-state index in [2.05, 4.69) is 5.32 Å². The molecule has 3 heteroatoms. The summed E-state index contributed by atoms with van der Waals surface area (Å²) in [6.07, 6.45) is 6.86. The minimum atomic E-state index is -0.160. The highest BCUT2D eigenvalue weighted by Gasteiger charge is 2.29. The first-order valence-corrected chi connectivity index (χ1v) is 6.37. The Kier molecular flexibility index (Phi) is 4.42. The summed E-state index contributed by atoms with van der Waals surface area (Å²) in [4.78, 5) is 0. The second-order valence-corrected chi connectivity index (χ2v) is 4.85. The highest BCUT2D eigenvalue weighted by atomic mass is 16.5. The summed E-state index contributed by atoms with van der Waals surface area (Å²) >= 11 is 0. The third kappa shape index (κ3) is 3.16. The fraction of sp³-hybridized carbons (Fsp3) is 1.00. The van der Waals surface area contributed by atoms with Gasteiger partial charge in [-0.1, -0.05) is 12.8 Å². The Labute approximate surface area is 92.2 Å². The molecule has 0 bridgehead atoms. The molecule has 0 aromatic carbocycles. The number of ether oxygens (including phenoxy) is 1. The lowest BCUT2D eigenvalue weighted by molar-refractivity contribution is -0.00807. The van der Waals surface area contributed by atoms with E-state index in [1.807, 2.05) is 0 Å². The Bertz CT molecular complexity index is 172. The third-order valence-corrected chi connectivity index (χ3v) is 3.76. The Morgan fingerprint density at radius 3 is 2.67 bits per heavy atom. The quantitative estimate of drug-likeness (QED) is 0.726. The molecule has 2 unspecified atom stereocenters. The highest BCUT2D eigenvalue weighted by molar-refractivity contribution is 4.84. The lowest BCUT2D eigenvalue weighted by Crippen LogP contribution is -2.44. The molecule has 2 heterocycles. The molecular weight excluding hydrogens is 190 g/mol. The van der Waals surface area contributed by atoms with Gasteiger partial charge in [0.25, 0.3) is 0 Å². The molecule has 3 nitrogen and oxygen atoms in total. The summed E-state index contributed by atoms with van der Waals surface area (Å²) in [6, 6.07) is 0.329. The monoisotopic (exact) mass is 213 g/mol. The summed E-state index contributed by atoms with van der Waals surface area (Å²) in [6.45, 7) is 2.73. The van der Waals surface area contributed by atoms with E-state index in [1.54, 1.807) is 0 Å². The van der Waals surface area contributed by atoms with Crippen molar-refractivity contribution in [3.8, 4) is 0 Å². The molecule has 0 amide bonds. The van der Waals surface area contributed by atoms with Gasteiger partial charge in [-0.2, -0.15) is 0 Å². The number of hydrogen-bond acceptors (Lipinski definition) is 3. The van der Waals surface area contributed by atoms with Gasteiger partial charge in [0.1, 0.15) is 0 Å². The van der Waals surface area contributed by atoms with Crippen LogP contribution in [0.5, 0.6) is 0 Å². The van der Waals surface area contributed by atoms with Crippen LogP contribution >= 0.6 is 0 Å². The van der Waals surface area contributed by atoms with E-state index >= 15 is 0 Å². The molecule has 0 saturated carbocycles. The normalized spacial score (nSPS) is 32.2. The maximum Gasteiger partial charge on any atom is 0.0722 e. The number of nitrogens with one attached hydrogen (secondary N) is 1. The van der Waals surface area contributed by atoms with Gasteiger partial charge in [-0.15, -0.1) is 0 Å². The molecule has 2 saturated heterocycles. The second-order valence-electron chi connectivity index (χ2n) is 4.85. The summed E-state index contributed by atoms with van der Waals surface area (Å²) < 4.78 is 5.33. The molecule has 2 rings (SSSR count). The first-order chi connectivity index (χ1) is 7.38. The van der Waals surface area contributed by atoms with Crippen LogP contribution in [0.1, 0.15) is 38.5 Å². The largest absolute Gasteiger partial charge is 0.391 e. The van der Waals surface area contributed by atoms with Gasteiger partial charge in [0.05, 0.1) is 6.10 Å². The maximum atomic E-state index is 10.3. The molecule has 2 aliphatic rings. The first-order valence-electron chi connectivity index (χ1n) is 6.37. The summed E-state index contributed by atoms with van der Waals surface area (Å²) in [7, 11) is 0. The van der Waals surface area contributed by atoms with Crippen molar-refractivity contribution in [2.75, 3.05) is 19.8 Å². The molecule has 2 aliphatic heterocycles. The summed E-state index contributed by atoms with van der Waals surface area (Å²) in [5, 5.41) is 13.8. The molecular formula is C12H23NO2. The molecule has 15 heavy (non-hydrogen) atoms. The Hall–Kier alpha value is -0.120. The third-order valence-electron chi connectivity index (χ3n) is 3.76. The van der Waals surface area contributed by atoms with Crippen LogP contribution < -0.4 is 5.32 Å². The lowest BCUT2D eigenvalue weighted by atomic mass is 9.88. The van der Waals surface area contributed by atoms with Gasteiger partial charge in [-0.3, -0.25) is 0 Å². The molecule has 0 aromatic rings. The van der Waals surface area contributed by atoms with E-state index in [0.717, 1.165) is 39.0 Å². The zero-order valence-electron chi connectivity index (χ0n) is 9.45. The van der Waals surface area contributed by atoms with Crippen molar-refractivity contribution < 1.29 is 9.84 Å². The predicted octanol–water partition coefficient (Wildman–Crippen LogP) is 1.31. The first kappa shape index (κ1) is 11.4. The summed E-state index contributed by atoms with van der Waals surface area (Å²) in [5.41, 5.74) is 0. The van der Waals surface area contributed by atoms with Crippen LogP contribution in [0.2, 0.25) is 0 Å². The smallest absolute Gasteiger partial charge is 0.0722 e. The fourth-order valence-electron chi connectivity index (χ4n) is 2.73. The van der Waals surface area contributed by atoms with Crippen LogP contribution in [0.25, 0.3) is 0 Å². The zero-order valence-corrected chi connectivity index (χ0v) is 9.45. The maximum absolute atomic E-state index is 10.3. The summed E-state index contributed by atoms with van der Waals surface area (Å²) in [5.74, 6) is 0.453. The zero-order chi connectivity index (χ0) is 10.5. The molecule has 0 aromatic heterocycles. The molecule has 0 aliphatic carbocycles. The average molecular weight is 213 g/mol. The van der Waals surface area contributed by atoms with E-state index < -0.39 is 0 Å². The minimum Gasteiger partial charge on any atom is -0.391 e. The van der Waals surface area contributed by atoms with Gasteiger partial charge in [0, 0.05) is 19.3 Å². The number of aliphatic hydroxyl groups is 1. The Balaban J connectivity index is 1.83. The molecule has 2 N–H and O–H groups in total. The van der Waals surface area contributed by atoms with E-state index in [4.69, 9.17) is 4.74 Å². The van der Waals surface area contributed by atoms with Gasteiger partial charge < -0.3 is 15.2 Å². The second kappa shape index (κ2) is 5.83. The highest BCUT2D eigenvalue weighted by Crippen LogP contribution is 2.23. The average Bonchev–Trinajstić information content (AvgIpc) is 2.58. The van der Waals surface area contributed by atoms with Gasteiger partial charge in [0.2, 0.25) is 0 Å². The molecule has 2 fully saturated rings. The van der Waals surface area contributed by atoms with Crippen LogP contribution in [0, 0.1) is 5.92 Å². The van der Waals surface area contributed by atoms with E-state index in [-0.39, 0.29) is 6.10 Å². The SMILES string of the molecule is OC(C1CCOCC1)C1CCCCCN1. The Morgan fingerprint density at radius 1 is 1.07 bits per heavy atom. The van der Waals surface area contributed by atoms with Crippen LogP contribution in [0.3, 0.4) is 0 Å². The van der Waals surface area contributed by atoms with Crippen molar-refractivity contribution in [3.63, 3.8) is 0 Å². The van der Waals surface area contributed by atoms with Crippen molar-refractivity contribution in [1.82, 2.24) is 5.32 Å². The molecule has 0 radical (unpaired) electrons. The van der Waals surface area contributed by atoms with E-state index in [0.29, 0.717) is 12.0 Å². The minimum absolute atomic E-state index is 0.160. The molecule has 2 atom stereocenters. The fourth-order valence-corrected chi connectivity index (χ4v) is 2.73. The lowest BCUT2D eigenvalue weighted by Gasteiger charge is -2.32. The van der Waals surface area contributed by atoms with E-state index in [9.17, 15) is 5.11 Å². The Morgan fingerprint density at radius 2 is 1.87 bits per heavy atom. The van der Waals surface area contributed by atoms with Crippen molar-refractivity contribution >= 4 is 0 Å². The van der Waals surface area contributed by atoms with Crippen molar-refractivity contribution in [1.29, 1.82) is 0 Å². The van der Waals surface area contributed by atoms with Crippen molar-refractivity contribution in [2.45, 2.75) is 50.7 Å². The number of rotatable bonds is 2. The van der Waals surface area contributed by atoms with Crippen molar-refractivity contribution in [2.24, 2.45) is 5.92 Å².